The summed E-state index contributed by atoms with van der Waals surface area (Å²) in [6.45, 7) is 10.1. The summed E-state index contributed by atoms with van der Waals surface area (Å²) in [5.74, 6) is 0.933. The van der Waals surface area contributed by atoms with Crippen LogP contribution in [-0.2, 0) is 0 Å². The molecule has 0 amide bonds. The lowest BCUT2D eigenvalue weighted by Gasteiger charge is -2.15. The Labute approximate surface area is 104 Å². The average molecular weight is 232 g/mol. The van der Waals surface area contributed by atoms with E-state index in [4.69, 9.17) is 11.3 Å². The molecule has 0 saturated carbocycles. The Hall–Kier alpha value is -1.53. The van der Waals surface area contributed by atoms with Crippen molar-refractivity contribution in [1.29, 1.82) is 0 Å². The molecule has 1 aromatic carbocycles. The fourth-order valence-corrected chi connectivity index (χ4v) is 1.57. The van der Waals surface area contributed by atoms with Gasteiger partial charge in [-0.1, -0.05) is 18.2 Å². The van der Waals surface area contributed by atoms with E-state index < -0.39 is 0 Å². The number of ether oxygens (including phenoxy) is 1. The number of rotatable bonds is 8. The van der Waals surface area contributed by atoms with Gasteiger partial charge in [0.25, 0.3) is 0 Å². The van der Waals surface area contributed by atoms with Crippen molar-refractivity contribution in [3.8, 4) is 5.75 Å². The molecule has 17 heavy (non-hydrogen) atoms. The van der Waals surface area contributed by atoms with E-state index in [2.05, 4.69) is 16.8 Å². The molecule has 1 aromatic rings. The van der Waals surface area contributed by atoms with Gasteiger partial charge in [-0.25, -0.2) is 6.57 Å². The Bertz CT molecular complexity index is 332. The molecule has 1 rings (SSSR count). The Balaban J connectivity index is 2.02. The monoisotopic (exact) mass is 232 g/mol. The van der Waals surface area contributed by atoms with E-state index in [-0.39, 0.29) is 0 Å². The van der Waals surface area contributed by atoms with Gasteiger partial charge in [0.1, 0.15) is 5.75 Å². The summed E-state index contributed by atoms with van der Waals surface area (Å²) in [5, 5.41) is 0. The quantitative estimate of drug-likeness (QED) is 0.506. The van der Waals surface area contributed by atoms with Crippen LogP contribution in [0.5, 0.6) is 5.75 Å². The van der Waals surface area contributed by atoms with Crippen molar-refractivity contribution in [3.63, 3.8) is 0 Å². The highest BCUT2D eigenvalue weighted by Gasteiger charge is 1.99. The first-order chi connectivity index (χ1) is 8.33. The minimum Gasteiger partial charge on any atom is -0.494 e. The highest BCUT2D eigenvalue weighted by Crippen LogP contribution is 2.08. The van der Waals surface area contributed by atoms with E-state index in [1.165, 1.54) is 0 Å². The van der Waals surface area contributed by atoms with Crippen LogP contribution < -0.4 is 4.74 Å². The van der Waals surface area contributed by atoms with Crippen LogP contribution in [0, 0.1) is 6.57 Å². The molecule has 0 spiro atoms. The number of para-hydroxylation sites is 1. The molecule has 0 aliphatic rings. The number of benzene rings is 1. The minimum atomic E-state index is 0.630. The van der Waals surface area contributed by atoms with Crippen LogP contribution in [0.1, 0.15) is 12.8 Å². The summed E-state index contributed by atoms with van der Waals surface area (Å²) < 4.78 is 5.61. The Morgan fingerprint density at radius 1 is 1.18 bits per heavy atom. The average Bonchev–Trinajstić information content (AvgIpc) is 2.36. The van der Waals surface area contributed by atoms with Crippen molar-refractivity contribution in [1.82, 2.24) is 4.90 Å². The van der Waals surface area contributed by atoms with Gasteiger partial charge < -0.3 is 14.5 Å². The largest absolute Gasteiger partial charge is 0.494 e. The zero-order chi connectivity index (χ0) is 12.3. The zero-order valence-corrected chi connectivity index (χ0v) is 10.4. The lowest BCUT2D eigenvalue weighted by Crippen LogP contribution is -2.22. The van der Waals surface area contributed by atoms with Gasteiger partial charge in [0.05, 0.1) is 6.61 Å². The summed E-state index contributed by atoms with van der Waals surface area (Å²) in [7, 11) is 2.09. The third-order valence-corrected chi connectivity index (χ3v) is 2.51. The predicted molar refractivity (Wildman–Crippen MR) is 70.1 cm³/mol. The molecule has 3 nitrogen and oxygen atoms in total. The van der Waals surface area contributed by atoms with Crippen molar-refractivity contribution >= 4 is 0 Å². The second kappa shape index (κ2) is 8.60. The summed E-state index contributed by atoms with van der Waals surface area (Å²) in [4.78, 5) is 5.59. The molecule has 0 fully saturated rings. The maximum absolute atomic E-state index is 6.70. The van der Waals surface area contributed by atoms with Crippen LogP contribution in [0.15, 0.2) is 30.3 Å². The maximum Gasteiger partial charge on any atom is 0.215 e. The minimum absolute atomic E-state index is 0.630. The summed E-state index contributed by atoms with van der Waals surface area (Å²) in [5.41, 5.74) is 0. The van der Waals surface area contributed by atoms with Gasteiger partial charge in [-0.2, -0.15) is 0 Å². The van der Waals surface area contributed by atoms with Crippen LogP contribution in [0.25, 0.3) is 4.85 Å². The molecular formula is C14H20N2O. The van der Waals surface area contributed by atoms with Gasteiger partial charge in [0, 0.05) is 19.5 Å². The Morgan fingerprint density at radius 3 is 2.59 bits per heavy atom. The molecule has 0 heterocycles. The van der Waals surface area contributed by atoms with Crippen LogP contribution in [0.4, 0.5) is 0 Å². The first kappa shape index (κ1) is 13.5. The van der Waals surface area contributed by atoms with E-state index >= 15 is 0 Å². The predicted octanol–water partition coefficient (Wildman–Crippen LogP) is 2.70. The second-order valence-electron chi connectivity index (χ2n) is 4.05. The third-order valence-electron chi connectivity index (χ3n) is 2.51. The van der Waals surface area contributed by atoms with Gasteiger partial charge in [-0.05, 0) is 25.6 Å². The van der Waals surface area contributed by atoms with E-state index in [9.17, 15) is 0 Å². The topological polar surface area (TPSA) is 16.8 Å². The Morgan fingerprint density at radius 2 is 1.88 bits per heavy atom. The van der Waals surface area contributed by atoms with Crippen molar-refractivity contribution in [3.05, 3.63) is 41.7 Å². The molecule has 0 atom stereocenters. The van der Waals surface area contributed by atoms with Crippen molar-refractivity contribution in [2.24, 2.45) is 0 Å². The first-order valence-corrected chi connectivity index (χ1v) is 6.02. The molecule has 3 heteroatoms. The van der Waals surface area contributed by atoms with E-state index in [0.29, 0.717) is 6.54 Å². The molecule has 0 bridgehead atoms. The lowest BCUT2D eigenvalue weighted by molar-refractivity contribution is 0.262. The summed E-state index contributed by atoms with van der Waals surface area (Å²) in [6, 6.07) is 9.88. The lowest BCUT2D eigenvalue weighted by atomic mass is 10.3. The Kier molecular flexibility index (Phi) is 6.85. The number of hydrogen-bond donors (Lipinski definition) is 0. The zero-order valence-electron chi connectivity index (χ0n) is 10.4. The van der Waals surface area contributed by atoms with Crippen molar-refractivity contribution < 1.29 is 4.74 Å². The van der Waals surface area contributed by atoms with E-state index in [1.54, 1.807) is 0 Å². The van der Waals surface area contributed by atoms with E-state index in [0.717, 1.165) is 38.3 Å². The normalized spacial score (nSPS) is 10.2. The van der Waals surface area contributed by atoms with Crippen LogP contribution in [-0.4, -0.2) is 38.2 Å². The smallest absolute Gasteiger partial charge is 0.215 e. The molecule has 0 aliphatic heterocycles. The standard InChI is InChI=1S/C14H20N2O/c1-15-10-6-11-16(2)12-7-13-17-14-8-4-3-5-9-14/h3-5,8-9H,6-7,10-13H2,2H3. The second-order valence-corrected chi connectivity index (χ2v) is 4.05. The van der Waals surface area contributed by atoms with Gasteiger partial charge in [0.2, 0.25) is 6.54 Å². The molecule has 0 aromatic heterocycles. The van der Waals surface area contributed by atoms with Crippen LogP contribution in [0.3, 0.4) is 0 Å². The van der Waals surface area contributed by atoms with Crippen molar-refractivity contribution in [2.45, 2.75) is 12.8 Å². The molecular weight excluding hydrogens is 212 g/mol. The van der Waals surface area contributed by atoms with Gasteiger partial charge in [-0.3, -0.25) is 0 Å². The summed E-state index contributed by atoms with van der Waals surface area (Å²) >= 11 is 0. The van der Waals surface area contributed by atoms with Gasteiger partial charge in [0.15, 0.2) is 0 Å². The fourth-order valence-electron chi connectivity index (χ4n) is 1.57. The molecule has 92 valence electrons. The number of nitrogens with zero attached hydrogens (tertiary/aromatic N) is 2. The fraction of sp³-hybridized carbons (Fsp3) is 0.500. The highest BCUT2D eigenvalue weighted by molar-refractivity contribution is 5.20. The SMILES string of the molecule is [C-]#[N+]CCCN(C)CCCOc1ccccc1. The first-order valence-electron chi connectivity index (χ1n) is 6.02. The van der Waals surface area contributed by atoms with Gasteiger partial charge >= 0.3 is 0 Å². The van der Waals surface area contributed by atoms with Crippen LogP contribution >= 0.6 is 0 Å². The third kappa shape index (κ3) is 6.60. The molecule has 0 aliphatic carbocycles. The van der Waals surface area contributed by atoms with Gasteiger partial charge in [-0.15, -0.1) is 0 Å². The molecule has 0 unspecified atom stereocenters. The molecule has 0 saturated heterocycles. The molecule has 0 N–H and O–H groups in total. The highest BCUT2D eigenvalue weighted by atomic mass is 16.5. The van der Waals surface area contributed by atoms with E-state index in [1.807, 2.05) is 30.3 Å². The maximum atomic E-state index is 6.70. The number of hydrogen-bond acceptors (Lipinski definition) is 2. The van der Waals surface area contributed by atoms with Crippen molar-refractivity contribution in [2.75, 3.05) is 33.3 Å². The molecule has 0 radical (unpaired) electrons. The van der Waals surface area contributed by atoms with Crippen LogP contribution in [0.2, 0.25) is 0 Å². The summed E-state index contributed by atoms with van der Waals surface area (Å²) in [6.07, 6.45) is 1.98.